The lowest BCUT2D eigenvalue weighted by molar-refractivity contribution is 0.112. The molecule has 1 aliphatic heterocycles. The van der Waals surface area contributed by atoms with Crippen LogP contribution in [0.2, 0.25) is 0 Å². The molecule has 0 aromatic carbocycles. The summed E-state index contributed by atoms with van der Waals surface area (Å²) in [7, 11) is 0. The SMILES string of the molecule is CCc1nc(N2CCN(C3CC3)CC2)sc1C=O. The molecule has 0 amide bonds. The van der Waals surface area contributed by atoms with Gasteiger partial charge in [0, 0.05) is 32.2 Å². The molecule has 18 heavy (non-hydrogen) atoms. The molecule has 2 aliphatic rings. The minimum atomic E-state index is 0.803. The second-order valence-electron chi connectivity index (χ2n) is 5.03. The Morgan fingerprint density at radius 3 is 2.56 bits per heavy atom. The van der Waals surface area contributed by atoms with Gasteiger partial charge in [0.1, 0.15) is 0 Å². The van der Waals surface area contributed by atoms with Crippen LogP contribution < -0.4 is 4.90 Å². The van der Waals surface area contributed by atoms with E-state index in [1.807, 2.05) is 0 Å². The molecule has 1 aromatic rings. The molecule has 3 rings (SSSR count). The van der Waals surface area contributed by atoms with Crippen molar-refractivity contribution in [2.45, 2.75) is 32.2 Å². The van der Waals surface area contributed by atoms with Crippen molar-refractivity contribution in [3.05, 3.63) is 10.6 Å². The molecule has 0 radical (unpaired) electrons. The van der Waals surface area contributed by atoms with Gasteiger partial charge in [0.05, 0.1) is 10.6 Å². The predicted octanol–water partition coefficient (Wildman–Crippen LogP) is 1.80. The number of aromatic nitrogens is 1. The zero-order valence-electron chi connectivity index (χ0n) is 10.8. The van der Waals surface area contributed by atoms with Gasteiger partial charge in [-0.2, -0.15) is 0 Å². The van der Waals surface area contributed by atoms with Gasteiger partial charge in [-0.15, -0.1) is 0 Å². The number of piperazine rings is 1. The number of nitrogens with zero attached hydrogens (tertiary/aromatic N) is 3. The summed E-state index contributed by atoms with van der Waals surface area (Å²) in [6.45, 7) is 6.43. The number of aldehydes is 1. The van der Waals surface area contributed by atoms with Gasteiger partial charge in [0.15, 0.2) is 11.4 Å². The highest BCUT2D eigenvalue weighted by atomic mass is 32.1. The van der Waals surface area contributed by atoms with Crippen LogP contribution in [-0.4, -0.2) is 48.4 Å². The van der Waals surface area contributed by atoms with Crippen molar-refractivity contribution in [2.24, 2.45) is 0 Å². The summed E-state index contributed by atoms with van der Waals surface area (Å²) in [4.78, 5) is 21.3. The summed E-state index contributed by atoms with van der Waals surface area (Å²) in [6.07, 6.45) is 4.55. The second-order valence-corrected chi connectivity index (χ2v) is 6.04. The van der Waals surface area contributed by atoms with E-state index in [4.69, 9.17) is 0 Å². The van der Waals surface area contributed by atoms with E-state index in [0.717, 1.165) is 60.6 Å². The van der Waals surface area contributed by atoms with E-state index in [0.29, 0.717) is 0 Å². The van der Waals surface area contributed by atoms with Crippen LogP contribution >= 0.6 is 11.3 Å². The number of hydrogen-bond acceptors (Lipinski definition) is 5. The highest BCUT2D eigenvalue weighted by Crippen LogP contribution is 2.30. The van der Waals surface area contributed by atoms with E-state index < -0.39 is 0 Å². The van der Waals surface area contributed by atoms with Crippen molar-refractivity contribution in [1.82, 2.24) is 9.88 Å². The minimum Gasteiger partial charge on any atom is -0.346 e. The molecule has 1 saturated heterocycles. The lowest BCUT2D eigenvalue weighted by Gasteiger charge is -2.34. The quantitative estimate of drug-likeness (QED) is 0.778. The van der Waals surface area contributed by atoms with Crippen molar-refractivity contribution in [3.63, 3.8) is 0 Å². The molecule has 1 aromatic heterocycles. The van der Waals surface area contributed by atoms with Gasteiger partial charge in [0.2, 0.25) is 0 Å². The molecular formula is C13H19N3OS. The Labute approximate surface area is 112 Å². The van der Waals surface area contributed by atoms with E-state index in [-0.39, 0.29) is 0 Å². The first-order valence-electron chi connectivity index (χ1n) is 6.75. The molecule has 4 nitrogen and oxygen atoms in total. The van der Waals surface area contributed by atoms with Crippen molar-refractivity contribution >= 4 is 22.8 Å². The minimum absolute atomic E-state index is 0.803. The smallest absolute Gasteiger partial charge is 0.186 e. The van der Waals surface area contributed by atoms with E-state index in [2.05, 4.69) is 21.7 Å². The first kappa shape index (κ1) is 12.1. The van der Waals surface area contributed by atoms with Crippen molar-refractivity contribution in [3.8, 4) is 0 Å². The van der Waals surface area contributed by atoms with Crippen LogP contribution in [0, 0.1) is 0 Å². The molecule has 5 heteroatoms. The monoisotopic (exact) mass is 265 g/mol. The highest BCUT2D eigenvalue weighted by molar-refractivity contribution is 7.17. The first-order chi connectivity index (χ1) is 8.81. The van der Waals surface area contributed by atoms with Gasteiger partial charge >= 0.3 is 0 Å². The molecule has 1 saturated carbocycles. The van der Waals surface area contributed by atoms with Crippen LogP contribution in [0.25, 0.3) is 0 Å². The van der Waals surface area contributed by atoms with Crippen LogP contribution in [0.15, 0.2) is 0 Å². The predicted molar refractivity (Wildman–Crippen MR) is 73.7 cm³/mol. The Hall–Kier alpha value is -0.940. The largest absolute Gasteiger partial charge is 0.346 e. The lowest BCUT2D eigenvalue weighted by Crippen LogP contribution is -2.47. The number of carbonyl (C=O) groups is 1. The van der Waals surface area contributed by atoms with E-state index in [1.165, 1.54) is 12.8 Å². The maximum atomic E-state index is 11.0. The molecule has 2 heterocycles. The fourth-order valence-electron chi connectivity index (χ4n) is 2.55. The van der Waals surface area contributed by atoms with Crippen LogP contribution in [0.1, 0.15) is 35.1 Å². The number of carbonyl (C=O) groups excluding carboxylic acids is 1. The van der Waals surface area contributed by atoms with Gasteiger partial charge in [0.25, 0.3) is 0 Å². The highest BCUT2D eigenvalue weighted by Gasteiger charge is 2.31. The van der Waals surface area contributed by atoms with Gasteiger partial charge in [-0.3, -0.25) is 9.69 Å². The molecule has 0 atom stereocenters. The molecule has 2 fully saturated rings. The number of anilines is 1. The van der Waals surface area contributed by atoms with Crippen LogP contribution in [0.4, 0.5) is 5.13 Å². The second kappa shape index (κ2) is 4.97. The first-order valence-corrected chi connectivity index (χ1v) is 7.57. The average Bonchev–Trinajstić information content (AvgIpc) is 3.18. The molecule has 0 N–H and O–H groups in total. The number of aryl methyl sites for hydroxylation is 1. The Morgan fingerprint density at radius 1 is 1.33 bits per heavy atom. The average molecular weight is 265 g/mol. The Balaban J connectivity index is 1.67. The van der Waals surface area contributed by atoms with E-state index in [9.17, 15) is 4.79 Å². The van der Waals surface area contributed by atoms with Crippen LogP contribution in [-0.2, 0) is 6.42 Å². The molecular weight excluding hydrogens is 246 g/mol. The summed E-state index contributed by atoms with van der Waals surface area (Å²) in [5, 5.41) is 1.03. The summed E-state index contributed by atoms with van der Waals surface area (Å²) < 4.78 is 0. The van der Waals surface area contributed by atoms with Gasteiger partial charge < -0.3 is 4.90 Å². The summed E-state index contributed by atoms with van der Waals surface area (Å²) in [6, 6.07) is 0.861. The third kappa shape index (κ3) is 2.29. The Bertz CT molecular complexity index is 433. The summed E-state index contributed by atoms with van der Waals surface area (Å²) in [5.74, 6) is 0. The molecule has 0 unspecified atom stereocenters. The van der Waals surface area contributed by atoms with E-state index >= 15 is 0 Å². The van der Waals surface area contributed by atoms with Crippen LogP contribution in [0.5, 0.6) is 0 Å². The summed E-state index contributed by atoms with van der Waals surface area (Å²) in [5.41, 5.74) is 0.953. The number of thiazole rings is 1. The standard InChI is InChI=1S/C13H19N3OS/c1-2-11-12(9-17)18-13(14-11)16-7-5-15(6-8-16)10-3-4-10/h9-10H,2-8H2,1H3. The molecule has 1 aliphatic carbocycles. The fraction of sp³-hybridized carbons (Fsp3) is 0.692. The maximum Gasteiger partial charge on any atom is 0.186 e. The van der Waals surface area contributed by atoms with Crippen molar-refractivity contribution in [2.75, 3.05) is 31.1 Å². The Kier molecular flexibility index (Phi) is 3.35. The van der Waals surface area contributed by atoms with Crippen molar-refractivity contribution in [1.29, 1.82) is 0 Å². The van der Waals surface area contributed by atoms with Crippen molar-refractivity contribution < 1.29 is 4.79 Å². The third-order valence-corrected chi connectivity index (χ3v) is 4.89. The van der Waals surface area contributed by atoms with Crippen LogP contribution in [0.3, 0.4) is 0 Å². The lowest BCUT2D eigenvalue weighted by atomic mass is 10.3. The summed E-state index contributed by atoms with van der Waals surface area (Å²) >= 11 is 1.54. The zero-order chi connectivity index (χ0) is 12.5. The topological polar surface area (TPSA) is 36.4 Å². The van der Waals surface area contributed by atoms with Gasteiger partial charge in [-0.1, -0.05) is 18.3 Å². The molecule has 0 spiro atoms. The molecule has 0 bridgehead atoms. The normalized spacial score (nSPS) is 21.3. The zero-order valence-corrected chi connectivity index (χ0v) is 11.6. The van der Waals surface area contributed by atoms with E-state index in [1.54, 1.807) is 11.3 Å². The Morgan fingerprint density at radius 2 is 2.06 bits per heavy atom. The third-order valence-electron chi connectivity index (χ3n) is 3.81. The van der Waals surface area contributed by atoms with Gasteiger partial charge in [-0.05, 0) is 19.3 Å². The maximum absolute atomic E-state index is 11.0. The molecule has 98 valence electrons. The van der Waals surface area contributed by atoms with Gasteiger partial charge in [-0.25, -0.2) is 4.98 Å². The number of rotatable bonds is 4. The number of hydrogen-bond donors (Lipinski definition) is 0. The fourth-order valence-corrected chi connectivity index (χ4v) is 3.57.